The summed E-state index contributed by atoms with van der Waals surface area (Å²) < 4.78 is 0. The summed E-state index contributed by atoms with van der Waals surface area (Å²) in [7, 11) is 0. The number of hydrogen-bond acceptors (Lipinski definition) is 4. The Morgan fingerprint density at radius 2 is 2.14 bits per heavy atom. The minimum absolute atomic E-state index is 0.379. The van der Waals surface area contributed by atoms with Crippen molar-refractivity contribution in [2.75, 3.05) is 18.0 Å². The monoisotopic (exact) mass is 337 g/mol. The van der Waals surface area contributed by atoms with Gasteiger partial charge in [0.05, 0.1) is 5.39 Å². The smallest absolute Gasteiger partial charge is 0.225 e. The number of thiophene rings is 1. The molecule has 0 aromatic carbocycles. The molecule has 0 saturated heterocycles. The van der Waals surface area contributed by atoms with Crippen LogP contribution in [0.4, 0.5) is 5.82 Å². The van der Waals surface area contributed by atoms with E-state index in [1.54, 1.807) is 0 Å². The molecule has 2 heterocycles. The minimum atomic E-state index is 0.379. The van der Waals surface area contributed by atoms with E-state index in [-0.39, 0.29) is 0 Å². The fourth-order valence-corrected chi connectivity index (χ4v) is 4.88. The van der Waals surface area contributed by atoms with E-state index in [0.717, 1.165) is 36.1 Å². The first-order valence-electron chi connectivity index (χ1n) is 8.36. The molecule has 3 nitrogen and oxygen atoms in total. The fourth-order valence-electron chi connectivity index (χ4n) is 3.29. The maximum Gasteiger partial charge on any atom is 0.225 e. The first-order chi connectivity index (χ1) is 10.6. The van der Waals surface area contributed by atoms with Crippen LogP contribution in [0.3, 0.4) is 0 Å². The van der Waals surface area contributed by atoms with Crippen LogP contribution in [0.25, 0.3) is 10.2 Å². The second kappa shape index (κ2) is 6.71. The molecule has 0 fully saturated rings. The Morgan fingerprint density at radius 1 is 1.32 bits per heavy atom. The van der Waals surface area contributed by atoms with Gasteiger partial charge in [0.15, 0.2) is 0 Å². The number of rotatable bonds is 5. The lowest BCUT2D eigenvalue weighted by molar-refractivity contribution is 0.509. The molecule has 1 aliphatic carbocycles. The summed E-state index contributed by atoms with van der Waals surface area (Å²) in [6, 6.07) is 0. The summed E-state index contributed by atoms with van der Waals surface area (Å²) in [5.41, 5.74) is 1.49. The van der Waals surface area contributed by atoms with Crippen molar-refractivity contribution in [2.24, 2.45) is 5.92 Å². The van der Waals surface area contributed by atoms with Crippen LogP contribution in [-0.2, 0) is 12.8 Å². The Balaban J connectivity index is 2.12. The largest absolute Gasteiger partial charge is 0.356 e. The lowest BCUT2D eigenvalue weighted by Crippen LogP contribution is -2.25. The van der Waals surface area contributed by atoms with Crippen LogP contribution in [0.15, 0.2) is 0 Å². The highest BCUT2D eigenvalue weighted by Crippen LogP contribution is 2.41. The summed E-state index contributed by atoms with van der Waals surface area (Å²) >= 11 is 8.03. The standard InChI is InChI=1S/C17H24ClN3S/c1-4-6-9-21(5-2)15-14-12-8-7-11(3)10-13(12)22-16(14)20-17(18)19-15/h11H,4-10H2,1-3H3. The van der Waals surface area contributed by atoms with Gasteiger partial charge in [0.2, 0.25) is 5.28 Å². The summed E-state index contributed by atoms with van der Waals surface area (Å²) in [5.74, 6) is 1.83. The Labute approximate surface area is 141 Å². The van der Waals surface area contributed by atoms with Crippen LogP contribution in [0.1, 0.15) is 50.5 Å². The van der Waals surface area contributed by atoms with Gasteiger partial charge >= 0.3 is 0 Å². The first kappa shape index (κ1) is 16.0. The second-order valence-electron chi connectivity index (χ2n) is 6.28. The van der Waals surface area contributed by atoms with Crippen molar-refractivity contribution >= 4 is 39.0 Å². The second-order valence-corrected chi connectivity index (χ2v) is 7.70. The van der Waals surface area contributed by atoms with Crippen LogP contribution >= 0.6 is 22.9 Å². The van der Waals surface area contributed by atoms with Crippen LogP contribution in [-0.4, -0.2) is 23.1 Å². The molecule has 2 aromatic heterocycles. The molecule has 1 unspecified atom stereocenters. The molecule has 0 bridgehead atoms. The van der Waals surface area contributed by atoms with Crippen molar-refractivity contribution in [3.63, 3.8) is 0 Å². The minimum Gasteiger partial charge on any atom is -0.356 e. The average Bonchev–Trinajstić information content (AvgIpc) is 2.84. The highest BCUT2D eigenvalue weighted by Gasteiger charge is 2.25. The molecule has 120 valence electrons. The summed E-state index contributed by atoms with van der Waals surface area (Å²) in [5, 5.41) is 1.65. The van der Waals surface area contributed by atoms with Crippen molar-refractivity contribution in [2.45, 2.75) is 52.9 Å². The molecule has 3 rings (SSSR count). The Morgan fingerprint density at radius 3 is 2.86 bits per heavy atom. The van der Waals surface area contributed by atoms with Crippen molar-refractivity contribution in [3.05, 3.63) is 15.7 Å². The number of anilines is 1. The maximum atomic E-state index is 6.21. The molecule has 1 aliphatic rings. The molecule has 1 atom stereocenters. The number of hydrogen-bond donors (Lipinski definition) is 0. The number of nitrogens with zero attached hydrogens (tertiary/aromatic N) is 3. The zero-order valence-electron chi connectivity index (χ0n) is 13.7. The van der Waals surface area contributed by atoms with E-state index >= 15 is 0 Å². The Kier molecular flexibility index (Phi) is 4.88. The van der Waals surface area contributed by atoms with Gasteiger partial charge in [-0.25, -0.2) is 4.98 Å². The zero-order valence-corrected chi connectivity index (χ0v) is 15.2. The van der Waals surface area contributed by atoms with Crippen LogP contribution in [0.5, 0.6) is 0 Å². The summed E-state index contributed by atoms with van der Waals surface area (Å²) in [4.78, 5) is 14.1. The summed E-state index contributed by atoms with van der Waals surface area (Å²) in [6.45, 7) is 8.76. The summed E-state index contributed by atoms with van der Waals surface area (Å²) in [6.07, 6.45) is 5.97. The highest BCUT2D eigenvalue weighted by molar-refractivity contribution is 7.19. The van der Waals surface area contributed by atoms with Crippen LogP contribution in [0, 0.1) is 5.92 Å². The van der Waals surface area contributed by atoms with Crippen LogP contribution < -0.4 is 4.90 Å². The van der Waals surface area contributed by atoms with Crippen LogP contribution in [0.2, 0.25) is 5.28 Å². The van der Waals surface area contributed by atoms with Crippen molar-refractivity contribution < 1.29 is 0 Å². The third-order valence-electron chi connectivity index (χ3n) is 4.57. The van der Waals surface area contributed by atoms with Gasteiger partial charge in [0.25, 0.3) is 0 Å². The first-order valence-corrected chi connectivity index (χ1v) is 9.56. The van der Waals surface area contributed by atoms with E-state index in [4.69, 9.17) is 11.6 Å². The molecule has 0 N–H and O–H groups in total. The van der Waals surface area contributed by atoms with Gasteiger partial charge in [-0.2, -0.15) is 4.98 Å². The predicted molar refractivity (Wildman–Crippen MR) is 96.4 cm³/mol. The SMILES string of the molecule is CCCCN(CC)c1nc(Cl)nc2sc3c(c12)CCC(C)C3. The molecule has 22 heavy (non-hydrogen) atoms. The lowest BCUT2D eigenvalue weighted by Gasteiger charge is -2.24. The molecular weight excluding hydrogens is 314 g/mol. The molecular formula is C17H24ClN3S. The highest BCUT2D eigenvalue weighted by atomic mass is 35.5. The zero-order chi connectivity index (χ0) is 15.7. The van der Waals surface area contributed by atoms with E-state index in [9.17, 15) is 0 Å². The average molecular weight is 338 g/mol. The number of unbranched alkanes of at least 4 members (excludes halogenated alkanes) is 1. The van der Waals surface area contributed by atoms with Gasteiger partial charge < -0.3 is 4.90 Å². The molecule has 0 aliphatic heterocycles. The van der Waals surface area contributed by atoms with Gasteiger partial charge in [-0.05, 0) is 55.7 Å². The van der Waals surface area contributed by atoms with Gasteiger partial charge in [-0.15, -0.1) is 11.3 Å². The third-order valence-corrected chi connectivity index (χ3v) is 5.89. The number of fused-ring (bicyclic) bond motifs is 3. The Hall–Kier alpha value is -0.870. The molecule has 5 heteroatoms. The van der Waals surface area contributed by atoms with Gasteiger partial charge in [-0.3, -0.25) is 0 Å². The van der Waals surface area contributed by atoms with Gasteiger partial charge in [0.1, 0.15) is 10.6 Å². The van der Waals surface area contributed by atoms with Gasteiger partial charge in [0, 0.05) is 18.0 Å². The number of aromatic nitrogens is 2. The quantitative estimate of drug-likeness (QED) is 0.711. The molecule has 2 aromatic rings. The predicted octanol–water partition coefficient (Wildman–Crippen LogP) is 5.10. The van der Waals surface area contributed by atoms with E-state index in [1.165, 1.54) is 41.5 Å². The fraction of sp³-hybridized carbons (Fsp3) is 0.647. The maximum absolute atomic E-state index is 6.21. The number of halogens is 1. The lowest BCUT2D eigenvalue weighted by atomic mass is 9.89. The molecule has 0 spiro atoms. The topological polar surface area (TPSA) is 29.0 Å². The van der Waals surface area contributed by atoms with E-state index in [0.29, 0.717) is 5.28 Å². The normalized spacial score (nSPS) is 17.7. The number of aryl methyl sites for hydroxylation is 1. The van der Waals surface area contributed by atoms with E-state index in [1.807, 2.05) is 11.3 Å². The molecule has 0 radical (unpaired) electrons. The van der Waals surface area contributed by atoms with Crippen molar-refractivity contribution in [1.29, 1.82) is 0 Å². The molecule has 0 saturated carbocycles. The molecule has 0 amide bonds. The van der Waals surface area contributed by atoms with E-state index in [2.05, 4.69) is 35.6 Å². The van der Waals surface area contributed by atoms with Crippen molar-refractivity contribution in [1.82, 2.24) is 9.97 Å². The Bertz CT molecular complexity index is 667. The van der Waals surface area contributed by atoms with Gasteiger partial charge in [-0.1, -0.05) is 20.3 Å². The third kappa shape index (κ3) is 2.95. The van der Waals surface area contributed by atoms with E-state index < -0.39 is 0 Å². The van der Waals surface area contributed by atoms with Crippen molar-refractivity contribution in [3.8, 4) is 0 Å².